The molecular weight excluding hydrogens is 231 g/mol. The Morgan fingerprint density at radius 3 is 2.67 bits per heavy atom. The maximum Gasteiger partial charge on any atom is 0.165 e. The molecule has 18 heavy (non-hydrogen) atoms. The van der Waals surface area contributed by atoms with Crippen molar-refractivity contribution in [3.8, 4) is 5.75 Å². The van der Waals surface area contributed by atoms with Gasteiger partial charge in [0.05, 0.1) is 0 Å². The normalized spacial score (nSPS) is 12.8. The van der Waals surface area contributed by atoms with Crippen molar-refractivity contribution in [2.24, 2.45) is 0 Å². The molecule has 1 N–H and O–H groups in total. The van der Waals surface area contributed by atoms with Gasteiger partial charge in [-0.15, -0.1) is 0 Å². The topological polar surface area (TPSA) is 24.5 Å². The Balaban J connectivity index is 2.62. The highest BCUT2D eigenvalue weighted by Gasteiger charge is 2.09. The van der Waals surface area contributed by atoms with Gasteiger partial charge in [-0.2, -0.15) is 0 Å². The lowest BCUT2D eigenvalue weighted by atomic mass is 10.1. The van der Waals surface area contributed by atoms with Gasteiger partial charge in [0.15, 0.2) is 11.6 Å². The minimum Gasteiger partial charge on any atom is -0.489 e. The van der Waals surface area contributed by atoms with Crippen molar-refractivity contribution in [2.45, 2.75) is 19.9 Å². The van der Waals surface area contributed by atoms with Gasteiger partial charge in [-0.05, 0) is 45.3 Å². The number of benzene rings is 1. The average Bonchev–Trinajstić information content (AvgIpc) is 2.31. The second kappa shape index (κ2) is 7.34. The van der Waals surface area contributed by atoms with Crippen LogP contribution in [0.1, 0.15) is 25.5 Å². The van der Waals surface area contributed by atoms with E-state index in [2.05, 4.69) is 5.32 Å². The molecule has 0 radical (unpaired) electrons. The van der Waals surface area contributed by atoms with Crippen LogP contribution in [0.3, 0.4) is 0 Å². The lowest BCUT2D eigenvalue weighted by Crippen LogP contribution is -2.20. The summed E-state index contributed by atoms with van der Waals surface area (Å²) in [7, 11) is 3.92. The Labute approximate surface area is 109 Å². The fourth-order valence-corrected chi connectivity index (χ4v) is 1.67. The second-order valence-corrected chi connectivity index (χ2v) is 4.62. The Morgan fingerprint density at radius 2 is 2.11 bits per heavy atom. The quantitative estimate of drug-likeness (QED) is 0.809. The standard InChI is InChI=1S/C14H23FN2O/c1-5-16-11(2)12-6-7-14(13(15)10-12)18-9-8-17(3)4/h6-7,10-11,16H,5,8-9H2,1-4H3. The summed E-state index contributed by atoms with van der Waals surface area (Å²) in [6.45, 7) is 6.18. The van der Waals surface area contributed by atoms with Gasteiger partial charge in [0.1, 0.15) is 6.61 Å². The average molecular weight is 254 g/mol. The fourth-order valence-electron chi connectivity index (χ4n) is 1.67. The van der Waals surface area contributed by atoms with E-state index in [1.54, 1.807) is 12.1 Å². The van der Waals surface area contributed by atoms with Gasteiger partial charge in [0.25, 0.3) is 0 Å². The molecule has 0 aliphatic heterocycles. The minimum atomic E-state index is -0.295. The van der Waals surface area contributed by atoms with Gasteiger partial charge in [-0.1, -0.05) is 13.0 Å². The highest BCUT2D eigenvalue weighted by molar-refractivity contribution is 5.30. The summed E-state index contributed by atoms with van der Waals surface area (Å²) in [5, 5.41) is 3.25. The molecule has 0 aliphatic rings. The summed E-state index contributed by atoms with van der Waals surface area (Å²) in [4.78, 5) is 2.00. The third kappa shape index (κ3) is 4.63. The zero-order valence-corrected chi connectivity index (χ0v) is 11.7. The van der Waals surface area contributed by atoms with Crippen molar-refractivity contribution in [2.75, 3.05) is 33.8 Å². The summed E-state index contributed by atoms with van der Waals surface area (Å²) in [5.74, 6) is 0.0281. The molecule has 0 heterocycles. The van der Waals surface area contributed by atoms with Gasteiger partial charge in [-0.3, -0.25) is 0 Å². The predicted molar refractivity (Wildman–Crippen MR) is 72.5 cm³/mol. The number of likely N-dealkylation sites (N-methyl/N-ethyl adjacent to an activating group) is 1. The Hall–Kier alpha value is -1.13. The first kappa shape index (κ1) is 14.9. The van der Waals surface area contributed by atoms with Crippen molar-refractivity contribution < 1.29 is 9.13 Å². The molecule has 0 saturated carbocycles. The van der Waals surface area contributed by atoms with Crippen LogP contribution in [0.5, 0.6) is 5.75 Å². The van der Waals surface area contributed by atoms with E-state index >= 15 is 0 Å². The van der Waals surface area contributed by atoms with Crippen molar-refractivity contribution in [3.63, 3.8) is 0 Å². The number of rotatable bonds is 7. The summed E-state index contributed by atoms with van der Waals surface area (Å²) < 4.78 is 19.2. The molecule has 0 bridgehead atoms. The lowest BCUT2D eigenvalue weighted by Gasteiger charge is -2.15. The van der Waals surface area contributed by atoms with E-state index < -0.39 is 0 Å². The maximum absolute atomic E-state index is 13.8. The van der Waals surface area contributed by atoms with Crippen LogP contribution in [-0.4, -0.2) is 38.7 Å². The zero-order valence-electron chi connectivity index (χ0n) is 11.7. The van der Waals surface area contributed by atoms with Gasteiger partial charge >= 0.3 is 0 Å². The molecule has 1 aromatic carbocycles. The first-order valence-electron chi connectivity index (χ1n) is 6.35. The zero-order chi connectivity index (χ0) is 13.5. The lowest BCUT2D eigenvalue weighted by molar-refractivity contribution is 0.252. The third-order valence-corrected chi connectivity index (χ3v) is 2.76. The molecule has 102 valence electrons. The molecule has 0 aliphatic carbocycles. The SMILES string of the molecule is CCNC(C)c1ccc(OCCN(C)C)c(F)c1. The number of nitrogens with zero attached hydrogens (tertiary/aromatic N) is 1. The largest absolute Gasteiger partial charge is 0.489 e. The molecule has 0 amide bonds. The minimum absolute atomic E-state index is 0.153. The van der Waals surface area contributed by atoms with Crippen LogP contribution in [0.2, 0.25) is 0 Å². The van der Waals surface area contributed by atoms with Gasteiger partial charge in [0.2, 0.25) is 0 Å². The number of hydrogen-bond donors (Lipinski definition) is 1. The highest BCUT2D eigenvalue weighted by Crippen LogP contribution is 2.21. The molecule has 1 unspecified atom stereocenters. The highest BCUT2D eigenvalue weighted by atomic mass is 19.1. The fraction of sp³-hybridized carbons (Fsp3) is 0.571. The van der Waals surface area contributed by atoms with Gasteiger partial charge < -0.3 is 15.0 Å². The van der Waals surface area contributed by atoms with Crippen LogP contribution in [0.15, 0.2) is 18.2 Å². The smallest absolute Gasteiger partial charge is 0.165 e. The summed E-state index contributed by atoms with van der Waals surface area (Å²) in [6, 6.07) is 5.30. The Kier molecular flexibility index (Phi) is 6.09. The molecule has 1 aromatic rings. The number of ether oxygens (including phenoxy) is 1. The van der Waals surface area contributed by atoms with Crippen LogP contribution in [-0.2, 0) is 0 Å². The van der Waals surface area contributed by atoms with E-state index in [-0.39, 0.29) is 11.9 Å². The van der Waals surface area contributed by atoms with Crippen molar-refractivity contribution >= 4 is 0 Å². The molecule has 4 heteroatoms. The number of halogens is 1. The van der Waals surface area contributed by atoms with Crippen molar-refractivity contribution in [3.05, 3.63) is 29.6 Å². The monoisotopic (exact) mass is 254 g/mol. The first-order valence-corrected chi connectivity index (χ1v) is 6.35. The van der Waals surface area contributed by atoms with Gasteiger partial charge in [0, 0.05) is 12.6 Å². The summed E-state index contributed by atoms with van der Waals surface area (Å²) >= 11 is 0. The molecule has 1 rings (SSSR count). The van der Waals surface area contributed by atoms with Crippen molar-refractivity contribution in [1.29, 1.82) is 0 Å². The van der Waals surface area contributed by atoms with Crippen LogP contribution in [0.4, 0.5) is 4.39 Å². The molecule has 1 atom stereocenters. The van der Waals surface area contributed by atoms with E-state index in [4.69, 9.17) is 4.74 Å². The van der Waals surface area contributed by atoms with Gasteiger partial charge in [-0.25, -0.2) is 4.39 Å². The first-order chi connectivity index (χ1) is 8.54. The van der Waals surface area contributed by atoms with Crippen LogP contribution in [0.25, 0.3) is 0 Å². The van der Waals surface area contributed by atoms with Crippen LogP contribution < -0.4 is 10.1 Å². The van der Waals surface area contributed by atoms with Crippen LogP contribution >= 0.6 is 0 Å². The molecule has 0 fully saturated rings. The van der Waals surface area contributed by atoms with E-state index in [0.29, 0.717) is 12.4 Å². The number of nitrogens with one attached hydrogen (secondary N) is 1. The maximum atomic E-state index is 13.8. The number of hydrogen-bond acceptors (Lipinski definition) is 3. The van der Waals surface area contributed by atoms with E-state index in [9.17, 15) is 4.39 Å². The molecule has 0 aromatic heterocycles. The molecule has 3 nitrogen and oxygen atoms in total. The Morgan fingerprint density at radius 1 is 1.39 bits per heavy atom. The van der Waals surface area contributed by atoms with Crippen molar-refractivity contribution in [1.82, 2.24) is 10.2 Å². The second-order valence-electron chi connectivity index (χ2n) is 4.62. The molecular formula is C14H23FN2O. The Bertz CT molecular complexity index is 369. The van der Waals surface area contributed by atoms with Crippen LogP contribution in [0, 0.1) is 5.82 Å². The van der Waals surface area contributed by atoms with E-state index in [1.165, 1.54) is 0 Å². The predicted octanol–water partition coefficient (Wildman–Crippen LogP) is 2.44. The molecule has 0 saturated heterocycles. The summed E-state index contributed by atoms with van der Waals surface area (Å²) in [6.07, 6.45) is 0. The molecule has 0 spiro atoms. The third-order valence-electron chi connectivity index (χ3n) is 2.76. The van der Waals surface area contributed by atoms with E-state index in [1.807, 2.05) is 38.9 Å². The van der Waals surface area contributed by atoms with E-state index in [0.717, 1.165) is 18.7 Å². The summed E-state index contributed by atoms with van der Waals surface area (Å²) in [5.41, 5.74) is 0.939.